The molecule has 1 aliphatic carbocycles. The summed E-state index contributed by atoms with van der Waals surface area (Å²) in [4.78, 5) is 0. The Hall–Kier alpha value is -0.780. The second-order valence-corrected chi connectivity index (χ2v) is 3.29. The van der Waals surface area contributed by atoms with Gasteiger partial charge >= 0.3 is 0 Å². The number of rotatable bonds is 2. The van der Waals surface area contributed by atoms with Crippen molar-refractivity contribution in [2.75, 3.05) is 0 Å². The number of hydrogen-bond acceptors (Lipinski definition) is 0. The van der Waals surface area contributed by atoms with Gasteiger partial charge in [0, 0.05) is 0 Å². The summed E-state index contributed by atoms with van der Waals surface area (Å²) in [6.07, 6.45) is 2.71. The summed E-state index contributed by atoms with van der Waals surface area (Å²) in [6.45, 7) is 2.30. The highest BCUT2D eigenvalue weighted by atomic mass is 14.3. The van der Waals surface area contributed by atoms with Gasteiger partial charge in [-0.05, 0) is 30.2 Å². The van der Waals surface area contributed by atoms with Gasteiger partial charge in [0.1, 0.15) is 0 Å². The molecule has 0 heteroatoms. The zero-order valence-electron chi connectivity index (χ0n) is 6.88. The Labute approximate surface area is 68.3 Å². The highest BCUT2D eigenvalue weighted by molar-refractivity contribution is 5.28. The fourth-order valence-electron chi connectivity index (χ4n) is 1.48. The molecule has 1 aliphatic rings. The monoisotopic (exact) mass is 145 g/mol. The summed E-state index contributed by atoms with van der Waals surface area (Å²) in [6, 6.07) is 10.8. The molecule has 2 rings (SSSR count). The minimum absolute atomic E-state index is 0.705. The molecule has 0 N–H and O–H groups in total. The van der Waals surface area contributed by atoms with E-state index < -0.39 is 0 Å². The van der Waals surface area contributed by atoms with Gasteiger partial charge in [0.15, 0.2) is 0 Å². The Bertz CT molecular complexity index is 221. The molecule has 1 aromatic rings. The molecule has 1 saturated carbocycles. The van der Waals surface area contributed by atoms with E-state index in [1.807, 2.05) is 0 Å². The Balaban J connectivity index is 2.15. The first-order valence-electron chi connectivity index (χ1n) is 4.27. The second-order valence-electron chi connectivity index (χ2n) is 3.29. The van der Waals surface area contributed by atoms with E-state index in [0.717, 1.165) is 0 Å². The maximum Gasteiger partial charge on any atom is -0.0128 e. The summed E-state index contributed by atoms with van der Waals surface area (Å²) >= 11 is 0. The van der Waals surface area contributed by atoms with Crippen molar-refractivity contribution in [2.24, 2.45) is 0 Å². The van der Waals surface area contributed by atoms with Gasteiger partial charge in [-0.3, -0.25) is 0 Å². The summed E-state index contributed by atoms with van der Waals surface area (Å²) in [7, 11) is 0. The predicted molar refractivity (Wildman–Crippen MR) is 47.3 cm³/mol. The van der Waals surface area contributed by atoms with Gasteiger partial charge in [-0.2, -0.15) is 0 Å². The molecule has 0 aliphatic heterocycles. The molecule has 57 valence electrons. The van der Waals surface area contributed by atoms with Crippen LogP contribution in [0.4, 0.5) is 0 Å². The van der Waals surface area contributed by atoms with Gasteiger partial charge < -0.3 is 0 Å². The molecule has 0 saturated heterocycles. The summed E-state index contributed by atoms with van der Waals surface area (Å²) < 4.78 is 0. The van der Waals surface area contributed by atoms with Crippen molar-refractivity contribution >= 4 is 0 Å². The minimum atomic E-state index is 0.705. The Kier molecular flexibility index (Phi) is 1.69. The molecule has 1 aromatic carbocycles. The van der Waals surface area contributed by atoms with E-state index in [-0.39, 0.29) is 0 Å². The van der Waals surface area contributed by atoms with Crippen LogP contribution < -0.4 is 0 Å². The molecule has 0 spiro atoms. The molecule has 0 amide bonds. The minimum Gasteiger partial charge on any atom is -0.0622 e. The van der Waals surface area contributed by atoms with Crippen molar-refractivity contribution in [3.8, 4) is 0 Å². The van der Waals surface area contributed by atoms with Crippen LogP contribution in [0.2, 0.25) is 0 Å². The standard InChI is InChI=1S/C11H13/c1-9(11-7-8-11)10-5-3-2-4-6-10/h2-6,9H,7-8H2,1H3. The molecule has 0 nitrogen and oxygen atoms in total. The molecule has 0 aromatic heterocycles. The molecule has 1 fully saturated rings. The van der Waals surface area contributed by atoms with Crippen molar-refractivity contribution in [2.45, 2.75) is 25.7 Å². The third kappa shape index (κ3) is 1.45. The average molecular weight is 145 g/mol. The zero-order valence-corrected chi connectivity index (χ0v) is 6.88. The summed E-state index contributed by atoms with van der Waals surface area (Å²) in [5.41, 5.74) is 1.47. The third-order valence-electron chi connectivity index (χ3n) is 2.45. The van der Waals surface area contributed by atoms with Crippen LogP contribution in [0.1, 0.15) is 31.2 Å². The van der Waals surface area contributed by atoms with Gasteiger partial charge in [0.2, 0.25) is 0 Å². The van der Waals surface area contributed by atoms with Gasteiger partial charge in [0.25, 0.3) is 0 Å². The maximum absolute atomic E-state index is 2.30. The lowest BCUT2D eigenvalue weighted by atomic mass is 9.97. The molecule has 1 atom stereocenters. The first-order chi connectivity index (χ1) is 5.38. The van der Waals surface area contributed by atoms with Crippen molar-refractivity contribution in [3.63, 3.8) is 0 Å². The number of hydrogen-bond donors (Lipinski definition) is 0. The molecule has 1 unspecified atom stereocenters. The van der Waals surface area contributed by atoms with E-state index in [4.69, 9.17) is 0 Å². The van der Waals surface area contributed by atoms with Crippen LogP contribution in [0.25, 0.3) is 0 Å². The van der Waals surface area contributed by atoms with Gasteiger partial charge in [0.05, 0.1) is 0 Å². The Morgan fingerprint density at radius 3 is 2.27 bits per heavy atom. The molecule has 0 heterocycles. The highest BCUT2D eigenvalue weighted by Crippen LogP contribution is 2.44. The Morgan fingerprint density at radius 1 is 1.09 bits per heavy atom. The largest absolute Gasteiger partial charge is 0.0622 e. The van der Waals surface area contributed by atoms with Crippen LogP contribution in [0, 0.1) is 5.92 Å². The molecular formula is C11H13. The van der Waals surface area contributed by atoms with Gasteiger partial charge in [-0.1, -0.05) is 37.3 Å². The SMILES string of the molecule is CC([C]1CC1)c1ccccc1. The lowest BCUT2D eigenvalue weighted by molar-refractivity contribution is 0.863. The van der Waals surface area contributed by atoms with E-state index >= 15 is 0 Å². The first-order valence-corrected chi connectivity index (χ1v) is 4.27. The van der Waals surface area contributed by atoms with Crippen LogP contribution in [-0.4, -0.2) is 0 Å². The first kappa shape index (κ1) is 6.90. The normalized spacial score (nSPS) is 19.7. The second kappa shape index (κ2) is 2.69. The smallest absolute Gasteiger partial charge is 0.0128 e. The van der Waals surface area contributed by atoms with Crippen molar-refractivity contribution < 1.29 is 0 Å². The van der Waals surface area contributed by atoms with E-state index in [2.05, 4.69) is 37.3 Å². The molecule has 11 heavy (non-hydrogen) atoms. The fourth-order valence-corrected chi connectivity index (χ4v) is 1.48. The van der Waals surface area contributed by atoms with Crippen molar-refractivity contribution in [3.05, 3.63) is 41.8 Å². The molecule has 0 bridgehead atoms. The van der Waals surface area contributed by atoms with Crippen molar-refractivity contribution in [1.82, 2.24) is 0 Å². The lowest BCUT2D eigenvalue weighted by Crippen LogP contribution is -1.92. The zero-order chi connectivity index (χ0) is 7.68. The van der Waals surface area contributed by atoms with E-state index in [1.54, 1.807) is 5.92 Å². The van der Waals surface area contributed by atoms with Crippen LogP contribution >= 0.6 is 0 Å². The summed E-state index contributed by atoms with van der Waals surface area (Å²) in [5.74, 6) is 2.42. The molecular weight excluding hydrogens is 132 g/mol. The van der Waals surface area contributed by atoms with Gasteiger partial charge in [-0.15, -0.1) is 0 Å². The maximum atomic E-state index is 2.30. The van der Waals surface area contributed by atoms with Crippen molar-refractivity contribution in [1.29, 1.82) is 0 Å². The van der Waals surface area contributed by atoms with Crippen LogP contribution in [0.5, 0.6) is 0 Å². The fraction of sp³-hybridized carbons (Fsp3) is 0.364. The topological polar surface area (TPSA) is 0 Å². The van der Waals surface area contributed by atoms with Crippen LogP contribution in [0.15, 0.2) is 30.3 Å². The average Bonchev–Trinajstić information content (AvgIpc) is 2.87. The number of benzene rings is 1. The highest BCUT2D eigenvalue weighted by Gasteiger charge is 2.29. The molecule has 1 radical (unpaired) electrons. The quantitative estimate of drug-likeness (QED) is 0.599. The van der Waals surface area contributed by atoms with Crippen LogP contribution in [-0.2, 0) is 0 Å². The Morgan fingerprint density at radius 2 is 1.73 bits per heavy atom. The predicted octanol–water partition coefficient (Wildman–Crippen LogP) is 3.16. The van der Waals surface area contributed by atoms with Crippen LogP contribution in [0.3, 0.4) is 0 Å². The van der Waals surface area contributed by atoms with E-state index in [9.17, 15) is 0 Å². The third-order valence-corrected chi connectivity index (χ3v) is 2.45. The lowest BCUT2D eigenvalue weighted by Gasteiger charge is -2.08. The van der Waals surface area contributed by atoms with E-state index in [1.165, 1.54) is 18.4 Å². The van der Waals surface area contributed by atoms with E-state index in [0.29, 0.717) is 5.92 Å². The summed E-state index contributed by atoms with van der Waals surface area (Å²) in [5, 5.41) is 0. The van der Waals surface area contributed by atoms with Gasteiger partial charge in [-0.25, -0.2) is 0 Å².